The molecule has 0 aromatic heterocycles. The van der Waals surface area contributed by atoms with Crippen molar-refractivity contribution < 1.29 is 14.3 Å². The standard InChI is InChI=1S/C15H23NO3/c1-4-13-10-12(7-8-14(13)18-2)11-16-9-5-6-15(17)19-3/h7-8,10,16H,4-6,9,11H2,1-3H3. The molecule has 19 heavy (non-hydrogen) atoms. The van der Waals surface area contributed by atoms with Crippen molar-refractivity contribution in [1.82, 2.24) is 5.32 Å². The van der Waals surface area contributed by atoms with E-state index in [9.17, 15) is 4.79 Å². The number of ether oxygens (including phenoxy) is 2. The van der Waals surface area contributed by atoms with Crippen LogP contribution in [0.15, 0.2) is 18.2 Å². The molecule has 1 N–H and O–H groups in total. The van der Waals surface area contributed by atoms with Crippen molar-refractivity contribution in [3.8, 4) is 5.75 Å². The topological polar surface area (TPSA) is 47.6 Å². The fourth-order valence-electron chi connectivity index (χ4n) is 1.91. The second-order valence-corrected chi connectivity index (χ2v) is 4.36. The minimum Gasteiger partial charge on any atom is -0.496 e. The predicted molar refractivity (Wildman–Crippen MR) is 75.3 cm³/mol. The Morgan fingerprint density at radius 3 is 2.74 bits per heavy atom. The van der Waals surface area contributed by atoms with Crippen LogP contribution in [0.3, 0.4) is 0 Å². The monoisotopic (exact) mass is 265 g/mol. The number of nitrogens with one attached hydrogen (secondary N) is 1. The number of esters is 1. The molecule has 0 saturated heterocycles. The molecule has 0 heterocycles. The van der Waals surface area contributed by atoms with Crippen LogP contribution in [0.2, 0.25) is 0 Å². The van der Waals surface area contributed by atoms with Crippen LogP contribution >= 0.6 is 0 Å². The molecule has 106 valence electrons. The van der Waals surface area contributed by atoms with Gasteiger partial charge in [-0.25, -0.2) is 0 Å². The molecule has 1 aromatic rings. The third-order valence-electron chi connectivity index (χ3n) is 3.02. The van der Waals surface area contributed by atoms with Gasteiger partial charge in [0.1, 0.15) is 5.75 Å². The van der Waals surface area contributed by atoms with Gasteiger partial charge >= 0.3 is 5.97 Å². The lowest BCUT2D eigenvalue weighted by molar-refractivity contribution is -0.140. The Labute approximate surface area is 115 Å². The fourth-order valence-corrected chi connectivity index (χ4v) is 1.91. The highest BCUT2D eigenvalue weighted by Gasteiger charge is 2.03. The van der Waals surface area contributed by atoms with E-state index in [1.165, 1.54) is 18.2 Å². The van der Waals surface area contributed by atoms with Crippen molar-refractivity contribution in [2.75, 3.05) is 20.8 Å². The molecule has 0 aliphatic carbocycles. The van der Waals surface area contributed by atoms with Crippen molar-refractivity contribution in [3.63, 3.8) is 0 Å². The number of benzene rings is 1. The predicted octanol–water partition coefficient (Wildman–Crippen LogP) is 2.30. The van der Waals surface area contributed by atoms with Gasteiger partial charge in [-0.15, -0.1) is 0 Å². The lowest BCUT2D eigenvalue weighted by Gasteiger charge is -2.10. The number of carbonyl (C=O) groups is 1. The molecular formula is C15H23NO3. The van der Waals surface area contributed by atoms with Gasteiger partial charge in [0.2, 0.25) is 0 Å². The zero-order valence-electron chi connectivity index (χ0n) is 12.0. The number of aryl methyl sites for hydroxylation is 1. The summed E-state index contributed by atoms with van der Waals surface area (Å²) in [4.78, 5) is 10.9. The summed E-state index contributed by atoms with van der Waals surface area (Å²) in [6.45, 7) is 3.73. The van der Waals surface area contributed by atoms with Gasteiger partial charge in [-0.2, -0.15) is 0 Å². The summed E-state index contributed by atoms with van der Waals surface area (Å²) in [5, 5.41) is 3.32. The molecule has 0 spiro atoms. The van der Waals surface area contributed by atoms with Crippen molar-refractivity contribution in [2.24, 2.45) is 0 Å². The Morgan fingerprint density at radius 2 is 2.11 bits per heavy atom. The summed E-state index contributed by atoms with van der Waals surface area (Å²) in [6, 6.07) is 6.22. The number of hydrogen-bond acceptors (Lipinski definition) is 4. The average Bonchev–Trinajstić information content (AvgIpc) is 2.46. The maximum Gasteiger partial charge on any atom is 0.305 e. The van der Waals surface area contributed by atoms with Crippen molar-refractivity contribution in [3.05, 3.63) is 29.3 Å². The number of methoxy groups -OCH3 is 2. The first kappa shape index (κ1) is 15.5. The van der Waals surface area contributed by atoms with Gasteiger partial charge in [0.25, 0.3) is 0 Å². The van der Waals surface area contributed by atoms with E-state index in [0.29, 0.717) is 6.42 Å². The molecule has 0 amide bonds. The van der Waals surface area contributed by atoms with Gasteiger partial charge in [-0.05, 0) is 36.6 Å². The SMILES string of the molecule is CCc1cc(CNCCCC(=O)OC)ccc1OC. The van der Waals surface area contributed by atoms with Gasteiger partial charge < -0.3 is 14.8 Å². The van der Waals surface area contributed by atoms with E-state index in [2.05, 4.69) is 29.1 Å². The molecule has 0 atom stereocenters. The maximum atomic E-state index is 10.9. The van der Waals surface area contributed by atoms with Crippen LogP contribution in [0.5, 0.6) is 5.75 Å². The Bertz CT molecular complexity index is 404. The molecule has 4 heteroatoms. The Balaban J connectivity index is 2.35. The fraction of sp³-hybridized carbons (Fsp3) is 0.533. The third kappa shape index (κ3) is 5.30. The lowest BCUT2D eigenvalue weighted by Crippen LogP contribution is -2.16. The number of rotatable bonds is 8. The van der Waals surface area contributed by atoms with Gasteiger partial charge in [0.05, 0.1) is 14.2 Å². The summed E-state index contributed by atoms with van der Waals surface area (Å²) >= 11 is 0. The molecule has 0 saturated carbocycles. The first-order valence-electron chi connectivity index (χ1n) is 6.64. The van der Waals surface area contributed by atoms with Crippen LogP contribution < -0.4 is 10.1 Å². The normalized spacial score (nSPS) is 10.3. The summed E-state index contributed by atoms with van der Waals surface area (Å²) in [6.07, 6.45) is 2.22. The molecule has 0 unspecified atom stereocenters. The molecular weight excluding hydrogens is 242 g/mol. The van der Waals surface area contributed by atoms with E-state index in [1.807, 2.05) is 6.07 Å². The number of carbonyl (C=O) groups excluding carboxylic acids is 1. The van der Waals surface area contributed by atoms with E-state index in [1.54, 1.807) is 7.11 Å². The van der Waals surface area contributed by atoms with Crippen molar-refractivity contribution in [2.45, 2.75) is 32.7 Å². The average molecular weight is 265 g/mol. The molecule has 4 nitrogen and oxygen atoms in total. The van der Waals surface area contributed by atoms with Crippen LogP contribution in [-0.2, 0) is 22.5 Å². The van der Waals surface area contributed by atoms with Crippen LogP contribution in [0.25, 0.3) is 0 Å². The zero-order chi connectivity index (χ0) is 14.1. The number of hydrogen-bond donors (Lipinski definition) is 1. The second-order valence-electron chi connectivity index (χ2n) is 4.36. The van der Waals surface area contributed by atoms with Crippen LogP contribution in [0.1, 0.15) is 30.9 Å². The van der Waals surface area contributed by atoms with Crippen LogP contribution in [0.4, 0.5) is 0 Å². The zero-order valence-corrected chi connectivity index (χ0v) is 12.0. The molecule has 0 aliphatic rings. The van der Waals surface area contributed by atoms with Crippen LogP contribution in [0, 0.1) is 0 Å². The highest BCUT2D eigenvalue weighted by Crippen LogP contribution is 2.20. The molecule has 0 radical (unpaired) electrons. The second kappa shape index (κ2) is 8.53. The molecule has 1 rings (SSSR count). The summed E-state index contributed by atoms with van der Waals surface area (Å²) < 4.78 is 9.89. The van der Waals surface area contributed by atoms with Gasteiger partial charge in [-0.1, -0.05) is 19.1 Å². The summed E-state index contributed by atoms with van der Waals surface area (Å²) in [5.74, 6) is 0.788. The highest BCUT2D eigenvalue weighted by atomic mass is 16.5. The van der Waals surface area contributed by atoms with Gasteiger partial charge in [-0.3, -0.25) is 4.79 Å². The van der Waals surface area contributed by atoms with E-state index in [0.717, 1.165) is 31.7 Å². The highest BCUT2D eigenvalue weighted by molar-refractivity contribution is 5.69. The van der Waals surface area contributed by atoms with Crippen molar-refractivity contribution >= 4 is 5.97 Å². The summed E-state index contributed by atoms with van der Waals surface area (Å²) in [7, 11) is 3.11. The Morgan fingerprint density at radius 1 is 1.32 bits per heavy atom. The lowest BCUT2D eigenvalue weighted by atomic mass is 10.1. The van der Waals surface area contributed by atoms with Gasteiger partial charge in [0, 0.05) is 13.0 Å². The largest absolute Gasteiger partial charge is 0.496 e. The quantitative estimate of drug-likeness (QED) is 0.579. The maximum absolute atomic E-state index is 10.9. The van der Waals surface area contributed by atoms with E-state index in [-0.39, 0.29) is 5.97 Å². The minimum atomic E-state index is -0.153. The van der Waals surface area contributed by atoms with Gasteiger partial charge in [0.15, 0.2) is 0 Å². The van der Waals surface area contributed by atoms with E-state index in [4.69, 9.17) is 4.74 Å². The smallest absolute Gasteiger partial charge is 0.305 e. The molecule has 0 bridgehead atoms. The Kier molecular flexibility index (Phi) is 6.97. The van der Waals surface area contributed by atoms with E-state index >= 15 is 0 Å². The molecule has 0 aliphatic heterocycles. The Hall–Kier alpha value is -1.55. The van der Waals surface area contributed by atoms with Crippen molar-refractivity contribution in [1.29, 1.82) is 0 Å². The molecule has 1 aromatic carbocycles. The first-order chi connectivity index (χ1) is 9.21. The minimum absolute atomic E-state index is 0.153. The molecule has 0 fully saturated rings. The third-order valence-corrected chi connectivity index (χ3v) is 3.02. The van der Waals surface area contributed by atoms with Crippen LogP contribution in [-0.4, -0.2) is 26.7 Å². The van der Waals surface area contributed by atoms with E-state index < -0.39 is 0 Å². The first-order valence-corrected chi connectivity index (χ1v) is 6.64. The summed E-state index contributed by atoms with van der Waals surface area (Å²) in [5.41, 5.74) is 2.45.